The number of hydrogen-bond donors (Lipinski definition) is 1. The van der Waals surface area contributed by atoms with Crippen LogP contribution in [0.1, 0.15) is 18.2 Å². The Balaban J connectivity index is 2.33. The first-order chi connectivity index (χ1) is 7.33. The van der Waals surface area contributed by atoms with Gasteiger partial charge in [0.05, 0.1) is 17.3 Å². The van der Waals surface area contributed by atoms with Crippen LogP contribution in [0.25, 0.3) is 11.3 Å². The fourth-order valence-electron chi connectivity index (χ4n) is 1.41. The van der Waals surface area contributed by atoms with Crippen LogP contribution in [0, 0.1) is 11.3 Å². The van der Waals surface area contributed by atoms with Crippen LogP contribution in [-0.2, 0) is 6.42 Å². The Kier molecular flexibility index (Phi) is 2.51. The van der Waals surface area contributed by atoms with Gasteiger partial charge in [0.2, 0.25) is 0 Å². The smallest absolute Gasteiger partial charge is 0.0991 e. The number of rotatable bonds is 2. The number of H-pyrrole nitrogens is 1. The van der Waals surface area contributed by atoms with Crippen molar-refractivity contribution >= 4 is 0 Å². The third-order valence-electron chi connectivity index (χ3n) is 2.32. The molecule has 0 bridgehead atoms. The van der Waals surface area contributed by atoms with E-state index in [2.05, 4.69) is 23.2 Å². The average molecular weight is 197 g/mol. The van der Waals surface area contributed by atoms with E-state index in [0.717, 1.165) is 23.4 Å². The second-order valence-electron chi connectivity index (χ2n) is 3.32. The van der Waals surface area contributed by atoms with Crippen molar-refractivity contribution in [1.82, 2.24) is 10.2 Å². The third-order valence-corrected chi connectivity index (χ3v) is 2.32. The molecule has 3 nitrogen and oxygen atoms in total. The molecule has 1 heterocycles. The third kappa shape index (κ3) is 1.89. The second-order valence-corrected chi connectivity index (χ2v) is 3.32. The largest absolute Gasteiger partial charge is 0.282 e. The van der Waals surface area contributed by atoms with E-state index < -0.39 is 0 Å². The van der Waals surface area contributed by atoms with Gasteiger partial charge in [-0.1, -0.05) is 19.1 Å². The maximum atomic E-state index is 8.67. The average Bonchev–Trinajstić information content (AvgIpc) is 2.78. The van der Waals surface area contributed by atoms with Crippen LogP contribution in [0.4, 0.5) is 0 Å². The van der Waals surface area contributed by atoms with E-state index in [9.17, 15) is 0 Å². The summed E-state index contributed by atoms with van der Waals surface area (Å²) in [6.07, 6.45) is 0.948. The molecule has 0 unspecified atom stereocenters. The molecule has 0 saturated heterocycles. The van der Waals surface area contributed by atoms with Crippen molar-refractivity contribution < 1.29 is 0 Å². The van der Waals surface area contributed by atoms with Crippen LogP contribution in [-0.4, -0.2) is 10.2 Å². The first kappa shape index (κ1) is 9.47. The zero-order chi connectivity index (χ0) is 10.7. The van der Waals surface area contributed by atoms with Crippen LogP contribution in [0.2, 0.25) is 0 Å². The number of nitriles is 1. The molecular weight excluding hydrogens is 186 g/mol. The highest BCUT2D eigenvalue weighted by Crippen LogP contribution is 2.18. The van der Waals surface area contributed by atoms with Crippen molar-refractivity contribution in [2.24, 2.45) is 0 Å². The molecule has 0 atom stereocenters. The molecule has 1 aromatic heterocycles. The lowest BCUT2D eigenvalue weighted by Crippen LogP contribution is -1.78. The molecule has 0 aliphatic heterocycles. The zero-order valence-electron chi connectivity index (χ0n) is 8.49. The van der Waals surface area contributed by atoms with Crippen LogP contribution in [0.5, 0.6) is 0 Å². The maximum absolute atomic E-state index is 8.67. The normalized spacial score (nSPS) is 9.87. The Morgan fingerprint density at radius 1 is 1.33 bits per heavy atom. The number of aryl methyl sites for hydroxylation is 1. The number of aromatic amines is 1. The zero-order valence-corrected chi connectivity index (χ0v) is 8.49. The van der Waals surface area contributed by atoms with Crippen molar-refractivity contribution in [2.75, 3.05) is 0 Å². The van der Waals surface area contributed by atoms with Gasteiger partial charge in [0.25, 0.3) is 0 Å². The van der Waals surface area contributed by atoms with Gasteiger partial charge in [-0.15, -0.1) is 0 Å². The van der Waals surface area contributed by atoms with E-state index in [1.165, 1.54) is 0 Å². The van der Waals surface area contributed by atoms with E-state index in [4.69, 9.17) is 5.26 Å². The topological polar surface area (TPSA) is 52.5 Å². The summed E-state index contributed by atoms with van der Waals surface area (Å²) in [7, 11) is 0. The Morgan fingerprint density at radius 2 is 2.07 bits per heavy atom. The summed E-state index contributed by atoms with van der Waals surface area (Å²) in [5.41, 5.74) is 3.75. The predicted octanol–water partition coefficient (Wildman–Crippen LogP) is 2.51. The van der Waals surface area contributed by atoms with Crippen molar-refractivity contribution in [2.45, 2.75) is 13.3 Å². The first-order valence-electron chi connectivity index (χ1n) is 4.88. The molecule has 1 N–H and O–H groups in total. The fraction of sp³-hybridized carbons (Fsp3) is 0.167. The van der Waals surface area contributed by atoms with Gasteiger partial charge < -0.3 is 0 Å². The molecule has 0 aliphatic rings. The summed E-state index contributed by atoms with van der Waals surface area (Å²) in [4.78, 5) is 0. The number of benzene rings is 1. The van der Waals surface area contributed by atoms with Crippen LogP contribution >= 0.6 is 0 Å². The summed E-state index contributed by atoms with van der Waals surface area (Å²) < 4.78 is 0. The Morgan fingerprint density at radius 3 is 2.60 bits per heavy atom. The molecular formula is C12H11N3. The van der Waals surface area contributed by atoms with Gasteiger partial charge in [-0.05, 0) is 24.6 Å². The van der Waals surface area contributed by atoms with Gasteiger partial charge in [-0.25, -0.2) is 0 Å². The van der Waals surface area contributed by atoms with Crippen molar-refractivity contribution in [1.29, 1.82) is 5.26 Å². The first-order valence-corrected chi connectivity index (χ1v) is 4.88. The maximum Gasteiger partial charge on any atom is 0.0991 e. The molecule has 2 aromatic rings. The van der Waals surface area contributed by atoms with Crippen molar-refractivity contribution in [3.05, 3.63) is 41.6 Å². The van der Waals surface area contributed by atoms with Gasteiger partial charge >= 0.3 is 0 Å². The lowest BCUT2D eigenvalue weighted by molar-refractivity contribution is 0.976. The summed E-state index contributed by atoms with van der Waals surface area (Å²) in [5.74, 6) is 0. The summed E-state index contributed by atoms with van der Waals surface area (Å²) >= 11 is 0. The predicted molar refractivity (Wildman–Crippen MR) is 58.1 cm³/mol. The molecule has 0 fully saturated rings. The molecule has 3 heteroatoms. The van der Waals surface area contributed by atoms with Crippen LogP contribution in [0.15, 0.2) is 30.3 Å². The van der Waals surface area contributed by atoms with Gasteiger partial charge in [0.1, 0.15) is 0 Å². The number of nitrogens with zero attached hydrogens (tertiary/aromatic N) is 2. The van der Waals surface area contributed by atoms with Gasteiger partial charge in [0, 0.05) is 11.3 Å². The molecule has 0 spiro atoms. The summed E-state index contributed by atoms with van der Waals surface area (Å²) in [5, 5.41) is 15.8. The van der Waals surface area contributed by atoms with Crippen molar-refractivity contribution in [3.8, 4) is 17.3 Å². The summed E-state index contributed by atoms with van der Waals surface area (Å²) in [6.45, 7) is 2.08. The van der Waals surface area contributed by atoms with E-state index in [-0.39, 0.29) is 0 Å². The minimum atomic E-state index is 0.671. The van der Waals surface area contributed by atoms with E-state index in [1.807, 2.05) is 18.2 Å². The SMILES string of the molecule is CCc1cc(-c2ccc(C#N)cc2)n[nH]1. The van der Waals surface area contributed by atoms with Gasteiger partial charge in [0.15, 0.2) is 0 Å². The molecule has 74 valence electrons. The van der Waals surface area contributed by atoms with E-state index in [1.54, 1.807) is 12.1 Å². The molecule has 1 aromatic carbocycles. The molecule has 0 saturated carbocycles. The minimum Gasteiger partial charge on any atom is -0.282 e. The Hall–Kier alpha value is -2.08. The molecule has 0 aliphatic carbocycles. The fourth-order valence-corrected chi connectivity index (χ4v) is 1.41. The Labute approximate surface area is 88.4 Å². The second kappa shape index (κ2) is 3.97. The molecule has 0 amide bonds. The van der Waals surface area contributed by atoms with E-state index in [0.29, 0.717) is 5.56 Å². The highest BCUT2D eigenvalue weighted by Gasteiger charge is 2.02. The monoisotopic (exact) mass is 197 g/mol. The quantitative estimate of drug-likeness (QED) is 0.804. The summed E-state index contributed by atoms with van der Waals surface area (Å²) in [6, 6.07) is 11.5. The highest BCUT2D eigenvalue weighted by atomic mass is 15.1. The molecule has 0 radical (unpaired) electrons. The Bertz CT molecular complexity index is 488. The lowest BCUT2D eigenvalue weighted by atomic mass is 10.1. The minimum absolute atomic E-state index is 0.671. The lowest BCUT2D eigenvalue weighted by Gasteiger charge is -1.94. The van der Waals surface area contributed by atoms with Crippen molar-refractivity contribution in [3.63, 3.8) is 0 Å². The number of aromatic nitrogens is 2. The van der Waals surface area contributed by atoms with Crippen LogP contribution in [0.3, 0.4) is 0 Å². The highest BCUT2D eigenvalue weighted by molar-refractivity contribution is 5.60. The van der Waals surface area contributed by atoms with Gasteiger partial charge in [-0.3, -0.25) is 5.10 Å². The number of nitrogens with one attached hydrogen (secondary N) is 1. The van der Waals surface area contributed by atoms with Gasteiger partial charge in [-0.2, -0.15) is 10.4 Å². The standard InChI is InChI=1S/C12H11N3/c1-2-11-7-12(15-14-11)10-5-3-9(8-13)4-6-10/h3-7H,2H2,1H3,(H,14,15). The van der Waals surface area contributed by atoms with Crippen LogP contribution < -0.4 is 0 Å². The van der Waals surface area contributed by atoms with E-state index >= 15 is 0 Å². The number of hydrogen-bond acceptors (Lipinski definition) is 2. The molecule has 15 heavy (non-hydrogen) atoms. The molecule has 2 rings (SSSR count).